The molecule has 3 N–H and O–H groups in total. The Bertz CT molecular complexity index is 820. The van der Waals surface area contributed by atoms with E-state index in [1.165, 1.54) is 17.4 Å². The molecule has 0 unspecified atom stereocenters. The van der Waals surface area contributed by atoms with E-state index in [1.54, 1.807) is 39.0 Å². The maximum atomic E-state index is 12.3. The maximum absolute atomic E-state index is 12.3. The van der Waals surface area contributed by atoms with Crippen molar-refractivity contribution in [3.8, 4) is 0 Å². The molecule has 1 aromatic heterocycles. The van der Waals surface area contributed by atoms with Crippen molar-refractivity contribution in [2.24, 2.45) is 5.73 Å². The minimum absolute atomic E-state index is 0.130. The SMILES string of the molecule is CCOC(=O)c1cc2cc(S(=O)(=O)NCC(C)(C)N)ccc2s1. The van der Waals surface area contributed by atoms with E-state index < -0.39 is 21.5 Å². The molecular formula is C15H20N2O4S2. The summed E-state index contributed by atoms with van der Waals surface area (Å²) < 4.78 is 32.9. The summed E-state index contributed by atoms with van der Waals surface area (Å²) in [5.41, 5.74) is 5.16. The number of nitrogens with two attached hydrogens (primary N) is 1. The molecular weight excluding hydrogens is 336 g/mol. The zero-order valence-electron chi connectivity index (χ0n) is 13.3. The van der Waals surface area contributed by atoms with Crippen LogP contribution < -0.4 is 10.5 Å². The quantitative estimate of drug-likeness (QED) is 0.772. The average molecular weight is 356 g/mol. The highest BCUT2D eigenvalue weighted by molar-refractivity contribution is 7.89. The normalized spacial score (nSPS) is 12.5. The molecule has 0 aliphatic heterocycles. The number of ether oxygens (including phenoxy) is 1. The van der Waals surface area contributed by atoms with Gasteiger partial charge in [-0.2, -0.15) is 0 Å². The van der Waals surface area contributed by atoms with Crippen LogP contribution in [0.3, 0.4) is 0 Å². The molecule has 0 aliphatic carbocycles. The van der Waals surface area contributed by atoms with E-state index >= 15 is 0 Å². The smallest absolute Gasteiger partial charge is 0.348 e. The predicted molar refractivity (Wildman–Crippen MR) is 91.2 cm³/mol. The van der Waals surface area contributed by atoms with Crippen LogP contribution in [0.5, 0.6) is 0 Å². The Balaban J connectivity index is 2.31. The van der Waals surface area contributed by atoms with Crippen molar-refractivity contribution in [3.63, 3.8) is 0 Å². The Hall–Kier alpha value is -1.48. The predicted octanol–water partition coefficient (Wildman–Crippen LogP) is 2.09. The summed E-state index contributed by atoms with van der Waals surface area (Å²) in [5, 5.41) is 0.688. The van der Waals surface area contributed by atoms with Crippen LogP contribution in [-0.4, -0.2) is 33.1 Å². The van der Waals surface area contributed by atoms with Gasteiger partial charge in [-0.3, -0.25) is 0 Å². The highest BCUT2D eigenvalue weighted by atomic mass is 32.2. The Kier molecular flexibility index (Phi) is 5.10. The molecule has 126 valence electrons. The van der Waals surface area contributed by atoms with Gasteiger partial charge in [-0.25, -0.2) is 17.9 Å². The minimum Gasteiger partial charge on any atom is -0.462 e. The van der Waals surface area contributed by atoms with Crippen LogP contribution in [-0.2, 0) is 14.8 Å². The number of carbonyl (C=O) groups is 1. The molecule has 0 spiro atoms. The molecule has 0 aliphatic rings. The van der Waals surface area contributed by atoms with Crippen LogP contribution in [0.15, 0.2) is 29.2 Å². The van der Waals surface area contributed by atoms with E-state index in [0.29, 0.717) is 16.9 Å². The van der Waals surface area contributed by atoms with Gasteiger partial charge in [0, 0.05) is 16.8 Å². The van der Waals surface area contributed by atoms with Crippen LogP contribution in [0.1, 0.15) is 30.4 Å². The van der Waals surface area contributed by atoms with Gasteiger partial charge in [0.05, 0.1) is 11.5 Å². The lowest BCUT2D eigenvalue weighted by Gasteiger charge is -2.18. The van der Waals surface area contributed by atoms with Crippen molar-refractivity contribution in [2.75, 3.05) is 13.2 Å². The topological polar surface area (TPSA) is 98.5 Å². The summed E-state index contributed by atoms with van der Waals surface area (Å²) in [6.07, 6.45) is 0. The summed E-state index contributed by atoms with van der Waals surface area (Å²) in [6.45, 7) is 5.64. The summed E-state index contributed by atoms with van der Waals surface area (Å²) >= 11 is 1.27. The highest BCUT2D eigenvalue weighted by Crippen LogP contribution is 2.28. The van der Waals surface area contributed by atoms with Crippen LogP contribution in [0.2, 0.25) is 0 Å². The summed E-state index contributed by atoms with van der Waals surface area (Å²) in [6, 6.07) is 6.38. The van der Waals surface area contributed by atoms with E-state index in [9.17, 15) is 13.2 Å². The standard InChI is InChI=1S/C15H20N2O4S2/c1-4-21-14(18)13-8-10-7-11(5-6-12(10)22-13)23(19,20)17-9-15(2,3)16/h5-8,17H,4,9,16H2,1-3H3. The van der Waals surface area contributed by atoms with E-state index in [1.807, 2.05) is 0 Å². The van der Waals surface area contributed by atoms with Gasteiger partial charge in [0.2, 0.25) is 10.0 Å². The van der Waals surface area contributed by atoms with Gasteiger partial charge in [-0.15, -0.1) is 11.3 Å². The van der Waals surface area contributed by atoms with Gasteiger partial charge in [-0.05, 0) is 50.4 Å². The number of sulfonamides is 1. The third kappa shape index (κ3) is 4.51. The number of hydrogen-bond donors (Lipinski definition) is 2. The van der Waals surface area contributed by atoms with Crippen molar-refractivity contribution in [3.05, 3.63) is 29.1 Å². The van der Waals surface area contributed by atoms with Crippen LogP contribution in [0, 0.1) is 0 Å². The van der Waals surface area contributed by atoms with Crippen molar-refractivity contribution < 1.29 is 17.9 Å². The van der Waals surface area contributed by atoms with Gasteiger partial charge < -0.3 is 10.5 Å². The van der Waals surface area contributed by atoms with E-state index in [4.69, 9.17) is 10.5 Å². The summed E-state index contributed by atoms with van der Waals surface area (Å²) in [7, 11) is -3.65. The average Bonchev–Trinajstić information content (AvgIpc) is 2.88. The van der Waals surface area contributed by atoms with Gasteiger partial charge >= 0.3 is 5.97 Å². The first-order chi connectivity index (χ1) is 10.6. The number of rotatable bonds is 6. The van der Waals surface area contributed by atoms with Gasteiger partial charge in [0.1, 0.15) is 4.88 Å². The second-order valence-corrected chi connectivity index (χ2v) is 8.69. The molecule has 0 saturated carbocycles. The molecule has 0 radical (unpaired) electrons. The van der Waals surface area contributed by atoms with Gasteiger partial charge in [-0.1, -0.05) is 0 Å². The third-order valence-electron chi connectivity index (χ3n) is 2.99. The largest absolute Gasteiger partial charge is 0.462 e. The van der Waals surface area contributed by atoms with Crippen molar-refractivity contribution >= 4 is 37.4 Å². The monoisotopic (exact) mass is 356 g/mol. The van der Waals surface area contributed by atoms with E-state index in [2.05, 4.69) is 4.72 Å². The molecule has 2 aromatic rings. The fraction of sp³-hybridized carbons (Fsp3) is 0.400. The molecule has 23 heavy (non-hydrogen) atoms. The highest BCUT2D eigenvalue weighted by Gasteiger charge is 2.20. The maximum Gasteiger partial charge on any atom is 0.348 e. The lowest BCUT2D eigenvalue weighted by Crippen LogP contribution is -2.45. The van der Waals surface area contributed by atoms with E-state index in [-0.39, 0.29) is 11.4 Å². The lowest BCUT2D eigenvalue weighted by atomic mass is 10.1. The number of esters is 1. The zero-order chi connectivity index (χ0) is 17.3. The Morgan fingerprint density at radius 1 is 1.35 bits per heavy atom. The van der Waals surface area contributed by atoms with Crippen molar-refractivity contribution in [1.29, 1.82) is 0 Å². The fourth-order valence-electron chi connectivity index (χ4n) is 1.86. The second kappa shape index (κ2) is 6.56. The summed E-state index contributed by atoms with van der Waals surface area (Å²) in [5.74, 6) is -0.402. The Morgan fingerprint density at radius 3 is 2.65 bits per heavy atom. The number of carbonyl (C=O) groups excluding carboxylic acids is 1. The molecule has 0 saturated heterocycles. The zero-order valence-corrected chi connectivity index (χ0v) is 14.9. The molecule has 1 heterocycles. The molecule has 6 nitrogen and oxygen atoms in total. The molecule has 2 rings (SSSR count). The van der Waals surface area contributed by atoms with Crippen LogP contribution in [0.25, 0.3) is 10.1 Å². The van der Waals surface area contributed by atoms with Crippen molar-refractivity contribution in [2.45, 2.75) is 31.2 Å². The van der Waals surface area contributed by atoms with Gasteiger partial charge in [0.15, 0.2) is 0 Å². The first kappa shape index (κ1) is 17.9. The number of thiophene rings is 1. The molecule has 0 atom stereocenters. The molecule has 0 amide bonds. The Labute approximate surface area is 139 Å². The molecule has 0 fully saturated rings. The van der Waals surface area contributed by atoms with Gasteiger partial charge in [0.25, 0.3) is 0 Å². The Morgan fingerprint density at radius 2 is 2.04 bits per heavy atom. The van der Waals surface area contributed by atoms with E-state index in [0.717, 1.165) is 4.70 Å². The van der Waals surface area contributed by atoms with Crippen molar-refractivity contribution in [1.82, 2.24) is 4.72 Å². The first-order valence-electron chi connectivity index (χ1n) is 7.12. The third-order valence-corrected chi connectivity index (χ3v) is 5.49. The number of benzene rings is 1. The second-order valence-electron chi connectivity index (χ2n) is 5.84. The fourth-order valence-corrected chi connectivity index (χ4v) is 4.05. The number of nitrogens with one attached hydrogen (secondary N) is 1. The number of fused-ring (bicyclic) bond motifs is 1. The molecule has 8 heteroatoms. The van der Waals surface area contributed by atoms with Crippen LogP contribution >= 0.6 is 11.3 Å². The molecule has 0 bridgehead atoms. The number of hydrogen-bond acceptors (Lipinski definition) is 6. The summed E-state index contributed by atoms with van der Waals surface area (Å²) in [4.78, 5) is 12.3. The minimum atomic E-state index is -3.65. The van der Waals surface area contributed by atoms with Crippen LogP contribution in [0.4, 0.5) is 0 Å². The first-order valence-corrected chi connectivity index (χ1v) is 9.41. The molecule has 1 aromatic carbocycles. The lowest BCUT2D eigenvalue weighted by molar-refractivity contribution is 0.0532.